The molecule has 1 atom stereocenters. The summed E-state index contributed by atoms with van der Waals surface area (Å²) in [7, 11) is 0. The molecule has 0 spiro atoms. The Morgan fingerprint density at radius 3 is 2.27 bits per heavy atom. The molecular weight excluding hydrogens is 353 g/mol. The number of benzene rings is 1. The highest BCUT2D eigenvalue weighted by atomic mass is 19.4. The molecule has 1 aromatic heterocycles. The molecule has 0 aliphatic heterocycles. The van der Waals surface area contributed by atoms with E-state index in [0.717, 1.165) is 24.3 Å². The second-order valence-electron chi connectivity index (χ2n) is 5.47. The first-order valence-corrected chi connectivity index (χ1v) is 7.46. The Balaban J connectivity index is 1.96. The molecular formula is C17H15F3N2O4. The van der Waals surface area contributed by atoms with Crippen molar-refractivity contribution in [1.29, 1.82) is 0 Å². The first-order valence-electron chi connectivity index (χ1n) is 7.46. The molecule has 0 fully saturated rings. The van der Waals surface area contributed by atoms with Crippen molar-refractivity contribution in [2.24, 2.45) is 0 Å². The number of nitrogens with one attached hydrogen (secondary N) is 2. The number of aromatic amines is 1. The summed E-state index contributed by atoms with van der Waals surface area (Å²) in [5, 5.41) is 2.35. The average Bonchev–Trinajstić information content (AvgIpc) is 3.04. The van der Waals surface area contributed by atoms with Gasteiger partial charge in [-0.25, -0.2) is 4.79 Å². The van der Waals surface area contributed by atoms with Gasteiger partial charge in [-0.15, -0.1) is 0 Å². The van der Waals surface area contributed by atoms with Crippen LogP contribution in [0.3, 0.4) is 0 Å². The number of alkyl halides is 3. The summed E-state index contributed by atoms with van der Waals surface area (Å²) in [5.41, 5.74) is -0.421. The van der Waals surface area contributed by atoms with E-state index in [1.807, 2.05) is 0 Å². The zero-order chi connectivity index (χ0) is 19.5. The van der Waals surface area contributed by atoms with Gasteiger partial charge < -0.3 is 15.0 Å². The second-order valence-corrected chi connectivity index (χ2v) is 5.47. The Morgan fingerprint density at radius 1 is 1.15 bits per heavy atom. The summed E-state index contributed by atoms with van der Waals surface area (Å²) in [6.45, 7) is 2.64. The maximum absolute atomic E-state index is 12.5. The molecule has 0 bridgehead atoms. The minimum absolute atomic E-state index is 0.00406. The normalized spacial score (nSPS) is 12.3. The van der Waals surface area contributed by atoms with Crippen LogP contribution >= 0.6 is 0 Å². The highest BCUT2D eigenvalue weighted by molar-refractivity contribution is 5.99. The molecule has 0 unspecified atom stereocenters. The maximum Gasteiger partial charge on any atom is 0.416 e. The van der Waals surface area contributed by atoms with Crippen molar-refractivity contribution in [3.05, 3.63) is 53.3 Å². The van der Waals surface area contributed by atoms with Gasteiger partial charge in [0.25, 0.3) is 5.91 Å². The van der Waals surface area contributed by atoms with E-state index in [1.165, 1.54) is 26.1 Å². The van der Waals surface area contributed by atoms with E-state index < -0.39 is 29.7 Å². The fourth-order valence-electron chi connectivity index (χ4n) is 1.98. The van der Waals surface area contributed by atoms with Gasteiger partial charge in [0.15, 0.2) is 11.9 Å². The molecule has 1 heterocycles. The van der Waals surface area contributed by atoms with Crippen LogP contribution in [0, 0.1) is 0 Å². The molecule has 2 N–H and O–H groups in total. The van der Waals surface area contributed by atoms with Crippen LogP contribution in [-0.4, -0.2) is 28.7 Å². The smallest absolute Gasteiger partial charge is 0.416 e. The number of aromatic nitrogens is 1. The summed E-state index contributed by atoms with van der Waals surface area (Å²) in [4.78, 5) is 37.7. The number of Topliss-reactive ketones (excluding diaryl/α,β-unsaturated/α-hetero) is 1. The summed E-state index contributed by atoms with van der Waals surface area (Å²) in [6, 6.07) is 5.15. The fourth-order valence-corrected chi connectivity index (χ4v) is 1.98. The van der Waals surface area contributed by atoms with E-state index in [1.54, 1.807) is 0 Å². The monoisotopic (exact) mass is 368 g/mol. The zero-order valence-electron chi connectivity index (χ0n) is 13.8. The molecule has 0 aliphatic rings. The number of carbonyl (C=O) groups is 3. The van der Waals surface area contributed by atoms with Crippen LogP contribution < -0.4 is 5.32 Å². The molecule has 1 amide bonds. The minimum Gasteiger partial charge on any atom is -0.448 e. The van der Waals surface area contributed by atoms with Crippen molar-refractivity contribution in [2.45, 2.75) is 26.1 Å². The number of halogens is 3. The molecule has 2 aromatic rings. The number of esters is 1. The van der Waals surface area contributed by atoms with Crippen molar-refractivity contribution in [3.8, 4) is 0 Å². The minimum atomic E-state index is -4.47. The number of hydrogen-bond donors (Lipinski definition) is 2. The van der Waals surface area contributed by atoms with Gasteiger partial charge in [0.1, 0.15) is 5.69 Å². The Hall–Kier alpha value is -3.10. The third-order valence-corrected chi connectivity index (χ3v) is 3.44. The lowest BCUT2D eigenvalue weighted by molar-refractivity contribution is -0.137. The zero-order valence-corrected chi connectivity index (χ0v) is 13.8. The van der Waals surface area contributed by atoms with Crippen LogP contribution in [0.2, 0.25) is 0 Å². The van der Waals surface area contributed by atoms with E-state index >= 15 is 0 Å². The van der Waals surface area contributed by atoms with Gasteiger partial charge in [-0.05, 0) is 44.2 Å². The fraction of sp³-hybridized carbons (Fsp3) is 0.235. The van der Waals surface area contributed by atoms with Gasteiger partial charge in [-0.1, -0.05) is 0 Å². The average molecular weight is 368 g/mol. The van der Waals surface area contributed by atoms with E-state index in [-0.39, 0.29) is 17.2 Å². The standard InChI is InChI=1S/C17H15F3N2O4/c1-9(23)11-7-14(21-8-11)16(25)26-10(2)15(24)22-13-5-3-12(4-6-13)17(18,19)20/h3-8,10,21H,1-2H3,(H,22,24)/t10-/m0/s1. The van der Waals surface area contributed by atoms with Crippen molar-refractivity contribution in [1.82, 2.24) is 4.98 Å². The van der Waals surface area contributed by atoms with Gasteiger partial charge in [-0.2, -0.15) is 13.2 Å². The van der Waals surface area contributed by atoms with E-state index in [0.29, 0.717) is 5.56 Å². The van der Waals surface area contributed by atoms with Gasteiger partial charge in [-0.3, -0.25) is 9.59 Å². The molecule has 9 heteroatoms. The van der Waals surface area contributed by atoms with Gasteiger partial charge in [0.05, 0.1) is 5.56 Å². The predicted octanol–water partition coefficient (Wildman–Crippen LogP) is 3.42. The number of amides is 1. The largest absolute Gasteiger partial charge is 0.448 e. The van der Waals surface area contributed by atoms with Crippen LogP contribution in [0.5, 0.6) is 0 Å². The lowest BCUT2D eigenvalue weighted by Crippen LogP contribution is -2.30. The molecule has 0 aliphatic carbocycles. The van der Waals surface area contributed by atoms with Crippen molar-refractivity contribution < 1.29 is 32.3 Å². The number of anilines is 1. The summed E-state index contributed by atoms with van der Waals surface area (Å²) in [5.74, 6) is -1.79. The Morgan fingerprint density at radius 2 is 1.77 bits per heavy atom. The molecule has 0 saturated heterocycles. The second kappa shape index (κ2) is 7.42. The first kappa shape index (κ1) is 19.2. The van der Waals surface area contributed by atoms with E-state index in [2.05, 4.69) is 10.3 Å². The third kappa shape index (κ3) is 4.71. The van der Waals surface area contributed by atoms with Gasteiger partial charge >= 0.3 is 12.1 Å². The topological polar surface area (TPSA) is 88.3 Å². The first-order chi connectivity index (χ1) is 12.1. The van der Waals surface area contributed by atoms with E-state index in [9.17, 15) is 27.6 Å². The Kier molecular flexibility index (Phi) is 5.49. The van der Waals surface area contributed by atoms with Crippen LogP contribution in [0.15, 0.2) is 36.5 Å². The quantitative estimate of drug-likeness (QED) is 0.625. The predicted molar refractivity (Wildman–Crippen MR) is 85.7 cm³/mol. The molecule has 6 nitrogen and oxygen atoms in total. The lowest BCUT2D eigenvalue weighted by Gasteiger charge is -2.13. The molecule has 1 aromatic carbocycles. The number of rotatable bonds is 5. The van der Waals surface area contributed by atoms with Crippen LogP contribution in [0.25, 0.3) is 0 Å². The summed E-state index contributed by atoms with van der Waals surface area (Å²) in [6.07, 6.45) is -4.33. The van der Waals surface area contributed by atoms with Gasteiger partial charge in [0, 0.05) is 17.4 Å². The number of hydrogen-bond acceptors (Lipinski definition) is 4. The molecule has 0 radical (unpaired) electrons. The molecule has 2 rings (SSSR count). The molecule has 26 heavy (non-hydrogen) atoms. The van der Waals surface area contributed by atoms with Crippen LogP contribution in [0.4, 0.5) is 18.9 Å². The summed E-state index contributed by atoms with van der Waals surface area (Å²) < 4.78 is 42.5. The third-order valence-electron chi connectivity index (χ3n) is 3.44. The number of H-pyrrole nitrogens is 1. The molecule has 0 saturated carbocycles. The van der Waals surface area contributed by atoms with Crippen molar-refractivity contribution in [3.63, 3.8) is 0 Å². The summed E-state index contributed by atoms with van der Waals surface area (Å²) >= 11 is 0. The van der Waals surface area contributed by atoms with E-state index in [4.69, 9.17) is 4.74 Å². The maximum atomic E-state index is 12.5. The van der Waals surface area contributed by atoms with Crippen molar-refractivity contribution in [2.75, 3.05) is 5.32 Å². The van der Waals surface area contributed by atoms with Crippen LogP contribution in [0.1, 0.15) is 40.3 Å². The SMILES string of the molecule is CC(=O)c1c[nH]c(C(=O)O[C@@H](C)C(=O)Nc2ccc(C(F)(F)F)cc2)c1. The highest BCUT2D eigenvalue weighted by Gasteiger charge is 2.30. The number of ether oxygens (including phenoxy) is 1. The van der Waals surface area contributed by atoms with Gasteiger partial charge in [0.2, 0.25) is 0 Å². The lowest BCUT2D eigenvalue weighted by atomic mass is 10.2. The van der Waals surface area contributed by atoms with Crippen molar-refractivity contribution >= 4 is 23.3 Å². The Bertz CT molecular complexity index is 825. The highest BCUT2D eigenvalue weighted by Crippen LogP contribution is 2.29. The molecule has 138 valence electrons. The number of carbonyl (C=O) groups excluding carboxylic acids is 3. The Labute approximate surface area is 146 Å². The number of ketones is 1. The van der Waals surface area contributed by atoms with Crippen LogP contribution in [-0.2, 0) is 15.7 Å².